The van der Waals surface area contributed by atoms with Crippen molar-refractivity contribution in [3.63, 3.8) is 0 Å². The highest BCUT2D eigenvalue weighted by Crippen LogP contribution is 2.33. The quantitative estimate of drug-likeness (QED) is 0.0197. The van der Waals surface area contributed by atoms with Gasteiger partial charge in [-0.1, -0.05) is 209 Å². The Kier molecular flexibility index (Phi) is 45.6. The largest absolute Gasteiger partial charge is 0.379 e. The van der Waals surface area contributed by atoms with Crippen LogP contribution >= 0.6 is 94.1 Å². The number of pyridine rings is 9. The van der Waals surface area contributed by atoms with Crippen molar-refractivity contribution in [1.29, 1.82) is 85.4 Å². The lowest BCUT2D eigenvalue weighted by Gasteiger charge is -2.10. The van der Waals surface area contributed by atoms with Crippen LogP contribution in [0.5, 0.6) is 0 Å². The maximum absolute atomic E-state index is 8.96. The maximum Gasteiger partial charge on any atom is 0.151 e. The van der Waals surface area contributed by atoms with E-state index in [1.807, 2.05) is 200 Å². The predicted octanol–water partition coefficient (Wildman–Crippen LogP) is 18.8. The van der Waals surface area contributed by atoms with Crippen LogP contribution in [-0.4, -0.2) is 86.2 Å². The lowest BCUT2D eigenvalue weighted by Crippen LogP contribution is -2.05. The van der Waals surface area contributed by atoms with Crippen LogP contribution in [-0.2, 0) is 97.4 Å². The van der Waals surface area contributed by atoms with Crippen molar-refractivity contribution < 1.29 is 0 Å². The summed E-state index contributed by atoms with van der Waals surface area (Å²) in [5, 5.41) is 141. The van der Waals surface area contributed by atoms with Gasteiger partial charge >= 0.3 is 0 Å². The number of nitrogens with one attached hydrogen (secondary N) is 8. The molecule has 0 saturated heterocycles. The molecule has 0 spiro atoms. The molecule has 16 aromatic rings. The first-order valence-electron chi connectivity index (χ1n) is 43.2. The van der Waals surface area contributed by atoms with E-state index in [0.717, 1.165) is 171 Å². The minimum absolute atomic E-state index is 0.0551. The second-order valence-corrected chi connectivity index (χ2v) is 38.2. The van der Waals surface area contributed by atoms with Gasteiger partial charge in [-0.05, 0) is 161 Å². The lowest BCUT2D eigenvalue weighted by atomic mass is 9.98. The Morgan fingerprint density at radius 2 is 0.597 bits per heavy atom. The number of benzene rings is 7. The lowest BCUT2D eigenvalue weighted by molar-refractivity contribution is 1.07. The molecule has 0 bridgehead atoms. The molecule has 0 fully saturated rings. The molecule has 144 heavy (non-hydrogen) atoms. The summed E-state index contributed by atoms with van der Waals surface area (Å²) in [5.41, 5.74) is 61.7. The Balaban J connectivity index is 0.000000183. The van der Waals surface area contributed by atoms with Crippen molar-refractivity contribution in [2.45, 2.75) is 97.4 Å². The first-order valence-corrected chi connectivity index (χ1v) is 51.0. The molecule has 9 aromatic heterocycles. The molecule has 24 N–H and O–H groups in total. The van der Waals surface area contributed by atoms with E-state index in [1.165, 1.54) is 94.1 Å². The molecule has 9 heterocycles. The monoisotopic (exact) mass is 2050 g/mol. The van der Waals surface area contributed by atoms with Gasteiger partial charge in [0.25, 0.3) is 0 Å². The normalized spacial score (nSPS) is 10.2. The summed E-state index contributed by atoms with van der Waals surface area (Å²) in [5.74, 6) is 4.70. The topological polar surface area (TPSA) is 705 Å². The molecule has 7 aromatic carbocycles. The molecule has 0 aliphatic rings. The minimum atomic E-state index is 0.0551. The molecule has 0 radical (unpaired) electrons. The highest BCUT2D eigenvalue weighted by Gasteiger charge is 2.17. The molecule has 0 saturated carbocycles. The molecule has 0 atom stereocenters. The summed E-state index contributed by atoms with van der Waals surface area (Å²) in [6.45, 7) is 0. The number of nitriles is 8. The summed E-state index contributed by atoms with van der Waals surface area (Å²) in [4.78, 5) is 38.8. The zero-order valence-electron chi connectivity index (χ0n) is 77.3. The second-order valence-electron chi connectivity index (χ2n) is 30.1. The van der Waals surface area contributed by atoms with Gasteiger partial charge in [0.2, 0.25) is 0 Å². The fraction of sp³-hybridized carbons (Fsp3) is 0.155. The Hall–Kier alpha value is -16.6. The van der Waals surface area contributed by atoms with E-state index in [0.29, 0.717) is 90.2 Å². The molecular formula is C103H95N33S8. The average molecular weight is 2050 g/mol. The molecule has 16 rings (SSSR count). The minimum Gasteiger partial charge on any atom is -0.379 e. The van der Waals surface area contributed by atoms with Gasteiger partial charge in [0, 0.05) is 122 Å². The van der Waals surface area contributed by atoms with Crippen LogP contribution in [0, 0.1) is 134 Å². The van der Waals surface area contributed by atoms with Crippen LogP contribution in [0.2, 0.25) is 0 Å². The van der Waals surface area contributed by atoms with Crippen LogP contribution in [0.1, 0.15) is 89.8 Å². The van der Waals surface area contributed by atoms with E-state index < -0.39 is 0 Å². The van der Waals surface area contributed by atoms with Gasteiger partial charge < -0.3 is 45.9 Å². The number of hydrogen-bond donors (Lipinski definition) is 16. The molecule has 720 valence electrons. The average Bonchev–Trinajstić information content (AvgIpc) is 0.800. The zero-order valence-corrected chi connectivity index (χ0v) is 83.8. The van der Waals surface area contributed by atoms with E-state index in [-0.39, 0.29) is 54.2 Å². The molecular weight excluding hydrogens is 1960 g/mol. The fourth-order valence-corrected chi connectivity index (χ4v) is 18.6. The second kappa shape index (κ2) is 59.1. The van der Waals surface area contributed by atoms with Crippen molar-refractivity contribution in [1.82, 2.24) is 44.9 Å². The van der Waals surface area contributed by atoms with E-state index in [4.69, 9.17) is 131 Å². The summed E-state index contributed by atoms with van der Waals surface area (Å²) < 4.78 is 0. The molecule has 0 amide bonds. The Morgan fingerprint density at radius 3 is 1.14 bits per heavy atom. The molecule has 0 aliphatic heterocycles. The Morgan fingerprint density at radius 1 is 0.243 bits per heavy atom. The number of aromatic nitrogens is 9. The van der Waals surface area contributed by atoms with Gasteiger partial charge in [-0.25, -0.2) is 0 Å². The molecule has 0 unspecified atom stereocenters. The van der Waals surface area contributed by atoms with Gasteiger partial charge in [-0.15, -0.1) is 0 Å². The van der Waals surface area contributed by atoms with Crippen LogP contribution in [0.4, 0.5) is 0 Å². The smallest absolute Gasteiger partial charge is 0.151 e. The zero-order chi connectivity index (χ0) is 104. The molecule has 41 heteroatoms. The first kappa shape index (κ1) is 111. The van der Waals surface area contributed by atoms with Crippen molar-refractivity contribution in [2.75, 3.05) is 0 Å². The maximum atomic E-state index is 8.96. The van der Waals surface area contributed by atoms with E-state index >= 15 is 0 Å². The van der Waals surface area contributed by atoms with Gasteiger partial charge in [-0.2, -0.15) is 42.1 Å². The van der Waals surface area contributed by atoms with Crippen molar-refractivity contribution in [3.05, 3.63) is 327 Å². The SMILES string of the molecule is N#CCc1c(CSC(=N)N)ccc2ccccc12.N#CCc1c(CSC(=N)N)ccc2cccnc12.N#CCc1c(CSC(=N)N)ccc2ccncc12.N#CCc1cc(CSC(=N)N)c2ccccc2n1.N#CCc1cc(CSC(=N)N)c2cnccc2c1.N#CCc1cc(CSC(=N)N)c2ncccc2n1.N#CCc1cc2ccccc2c(CSC(=N)N)n1.N#CCc1cc2ncccc2c(CSC(=N)N)n1. The van der Waals surface area contributed by atoms with Crippen molar-refractivity contribution >= 4 is 222 Å². The number of para-hydroxylation sites is 1. The van der Waals surface area contributed by atoms with Crippen LogP contribution in [0.15, 0.2) is 238 Å². The number of nitrogens with two attached hydrogens (primary N) is 8. The van der Waals surface area contributed by atoms with E-state index in [1.54, 1.807) is 37.2 Å². The number of nitrogens with zero attached hydrogens (tertiary/aromatic N) is 17. The first-order chi connectivity index (χ1) is 69.7. The molecule has 33 nitrogen and oxygen atoms in total. The van der Waals surface area contributed by atoms with Crippen molar-refractivity contribution in [2.24, 2.45) is 45.9 Å². The number of amidine groups is 8. The summed E-state index contributed by atoms with van der Waals surface area (Å²) in [6.07, 6.45) is 14.7. The Labute approximate surface area is 864 Å². The highest BCUT2D eigenvalue weighted by molar-refractivity contribution is 8.14. The third-order valence-electron chi connectivity index (χ3n) is 20.3. The summed E-state index contributed by atoms with van der Waals surface area (Å²) >= 11 is 10.1. The Bertz CT molecular complexity index is 6840. The number of hydrogen-bond acceptors (Lipinski definition) is 33. The fourth-order valence-electron chi connectivity index (χ4n) is 14.2. The van der Waals surface area contributed by atoms with E-state index in [9.17, 15) is 0 Å². The van der Waals surface area contributed by atoms with Gasteiger partial charge in [0.1, 0.15) is 0 Å². The molecule has 0 aliphatic carbocycles. The number of fused-ring (bicyclic) bond motifs is 8. The van der Waals surface area contributed by atoms with Gasteiger partial charge in [-0.3, -0.25) is 88.1 Å². The van der Waals surface area contributed by atoms with Gasteiger partial charge in [0.15, 0.2) is 41.3 Å². The van der Waals surface area contributed by atoms with Crippen LogP contribution in [0.25, 0.3) is 86.8 Å². The van der Waals surface area contributed by atoms with Crippen LogP contribution < -0.4 is 45.9 Å². The third-order valence-corrected chi connectivity index (χ3v) is 26.4. The number of thioether (sulfide) groups is 8. The predicted molar refractivity (Wildman–Crippen MR) is 592 cm³/mol. The summed E-state index contributed by atoms with van der Waals surface area (Å²) in [7, 11) is 0. The number of rotatable bonds is 24. The van der Waals surface area contributed by atoms with Crippen LogP contribution in [0.3, 0.4) is 0 Å². The van der Waals surface area contributed by atoms with Crippen molar-refractivity contribution in [3.8, 4) is 48.6 Å². The highest BCUT2D eigenvalue weighted by atomic mass is 32.2. The third kappa shape index (κ3) is 35.3. The van der Waals surface area contributed by atoms with Gasteiger partial charge in [0.05, 0.1) is 162 Å². The standard InChI is InChI=1S/C14H13N3S.5C13H12N4S.2C12H11N5S/c15-8-7-13-11(9-18-14(16)17)6-5-10-3-1-2-4-12(10)13;14-3-1-9-5-10-2-4-17-7-12(10)11(6-9)8-18-13(15)16;14-5-3-11-10(8-18-13(15)16)2-1-9-4-6-17-7-12(9)11;14-6-5-11-10(8-18-13(15)16)4-3-9-2-1-7-17-12(9)11;14-6-5-10-7-9(8-18-13(15)16)11-3-1-2-4-12(11)17-10;14-6-5-10-7-9-3-1-2-4-11(9)12(17-10)8-18-13(15)16;13-4-3-9-6-8(7-18-12(14)15)11-10(17-9)2-1-5-16-11;13-4-3-8-6-10-9(2-1-5-16-10)11(17-8)7-18-12(14)15/h1-6H,7,9H2,(H3,16,17);2,4-7H,1,8H2,(H3,15,16);1-2,4,6-7H,3,8H2,(H3,15,16);3*1-4,7H,5,8H2,(H3,15,16);2*1-2,5-6H,3,7H2,(H3,14,15). The summed E-state index contributed by atoms with van der Waals surface area (Å²) in [6, 6.07) is 79.5. The van der Waals surface area contributed by atoms with E-state index in [2.05, 4.69) is 93.4 Å².